The maximum atomic E-state index is 11.5. The van der Waals surface area contributed by atoms with Crippen molar-refractivity contribution in [3.63, 3.8) is 0 Å². The second kappa shape index (κ2) is 2.21. The molecule has 2 atom stereocenters. The highest BCUT2D eigenvalue weighted by Gasteiger charge is 2.46. The van der Waals surface area contributed by atoms with Gasteiger partial charge in [-0.1, -0.05) is 0 Å². The van der Waals surface area contributed by atoms with E-state index in [9.17, 15) is 9.59 Å². The number of fused-ring (bicyclic) bond motifs is 3. The van der Waals surface area contributed by atoms with E-state index in [0.717, 1.165) is 12.8 Å². The molecule has 3 saturated heterocycles. The number of carbonyl (C=O) groups is 2. The van der Waals surface area contributed by atoms with Crippen LogP contribution in [0.1, 0.15) is 12.8 Å². The topological polar surface area (TPSA) is 40.6 Å². The Bertz CT molecular complexity index is 225. The van der Waals surface area contributed by atoms with Crippen molar-refractivity contribution in [2.24, 2.45) is 0 Å². The number of nitrogens with zero attached hydrogens (tertiary/aromatic N) is 2. The molecule has 3 aliphatic heterocycles. The monoisotopic (exact) mass is 168 g/mol. The zero-order valence-electron chi connectivity index (χ0n) is 7.28. The molecule has 0 N–H and O–H groups in total. The Labute approximate surface area is 71.1 Å². The van der Waals surface area contributed by atoms with E-state index in [4.69, 9.17) is 0 Å². The van der Waals surface area contributed by atoms with Crippen LogP contribution in [0.15, 0.2) is 0 Å². The first-order valence-corrected chi connectivity index (χ1v) is 4.16. The molecule has 0 radical (unpaired) electrons. The van der Waals surface area contributed by atoms with Gasteiger partial charge in [0.15, 0.2) is 0 Å². The van der Waals surface area contributed by atoms with E-state index in [2.05, 4.69) is 0 Å². The van der Waals surface area contributed by atoms with Gasteiger partial charge in [-0.15, -0.1) is 0 Å². The lowest BCUT2D eigenvalue weighted by molar-refractivity contribution is -0.164. The lowest BCUT2D eigenvalue weighted by Gasteiger charge is -2.46. The molecule has 4 heteroatoms. The van der Waals surface area contributed by atoms with Crippen molar-refractivity contribution in [3.05, 3.63) is 0 Å². The van der Waals surface area contributed by atoms with Crippen molar-refractivity contribution in [1.82, 2.24) is 9.80 Å². The molecule has 3 rings (SSSR count). The van der Waals surface area contributed by atoms with Gasteiger partial charge in [-0.2, -0.15) is 0 Å². The molecule has 12 heavy (non-hydrogen) atoms. The summed E-state index contributed by atoms with van der Waals surface area (Å²) in [5.74, 6) is 0.182. The number of piperidine rings is 2. The molecule has 3 heterocycles. The molecule has 0 aromatic carbocycles. The smallest absolute Gasteiger partial charge is 0.245 e. The minimum atomic E-state index is -0.188. The summed E-state index contributed by atoms with van der Waals surface area (Å²) in [6.45, 7) is 0. The van der Waals surface area contributed by atoms with Crippen molar-refractivity contribution < 1.29 is 9.59 Å². The number of hydrogen-bond donors (Lipinski definition) is 0. The molecule has 0 aromatic rings. The highest BCUT2D eigenvalue weighted by Crippen LogP contribution is 2.28. The van der Waals surface area contributed by atoms with Gasteiger partial charge in [-0.25, -0.2) is 0 Å². The van der Waals surface area contributed by atoms with E-state index in [-0.39, 0.29) is 23.9 Å². The molecule has 3 fully saturated rings. The summed E-state index contributed by atoms with van der Waals surface area (Å²) in [4.78, 5) is 26.1. The Hall–Kier alpha value is -1.06. The number of hydrogen-bond acceptors (Lipinski definition) is 2. The summed E-state index contributed by atoms with van der Waals surface area (Å²) >= 11 is 0. The van der Waals surface area contributed by atoms with Crippen molar-refractivity contribution >= 4 is 11.8 Å². The number of carbonyl (C=O) groups excluding carboxylic acids is 2. The molecule has 3 aliphatic rings. The van der Waals surface area contributed by atoms with Crippen LogP contribution in [0.25, 0.3) is 0 Å². The maximum Gasteiger partial charge on any atom is 0.245 e. The van der Waals surface area contributed by atoms with E-state index in [1.54, 1.807) is 23.9 Å². The standard InChI is InChI=1S/C8H12N2O2/c1-9-5-3-4-6(7(9)11)10(2)8(5)12/h5-6H,3-4H2,1-2H3. The molecule has 2 unspecified atom stereocenters. The number of rotatable bonds is 0. The summed E-state index contributed by atoms with van der Waals surface area (Å²) in [6.07, 6.45) is 1.66. The molecule has 4 nitrogen and oxygen atoms in total. The van der Waals surface area contributed by atoms with Crippen LogP contribution in [0.5, 0.6) is 0 Å². The Morgan fingerprint density at radius 2 is 1.33 bits per heavy atom. The van der Waals surface area contributed by atoms with Crippen molar-refractivity contribution in [2.75, 3.05) is 14.1 Å². The van der Waals surface area contributed by atoms with Crippen molar-refractivity contribution in [2.45, 2.75) is 24.9 Å². The van der Waals surface area contributed by atoms with Gasteiger partial charge < -0.3 is 9.80 Å². The van der Waals surface area contributed by atoms with Crippen LogP contribution in [0.2, 0.25) is 0 Å². The van der Waals surface area contributed by atoms with Crippen molar-refractivity contribution in [3.8, 4) is 0 Å². The number of likely N-dealkylation sites (N-methyl/N-ethyl adjacent to an activating group) is 2. The van der Waals surface area contributed by atoms with Gasteiger partial charge in [-0.05, 0) is 12.8 Å². The van der Waals surface area contributed by atoms with Crippen LogP contribution in [-0.4, -0.2) is 47.8 Å². The molecular weight excluding hydrogens is 156 g/mol. The predicted octanol–water partition coefficient (Wildman–Crippen LogP) is -0.552. The Kier molecular flexibility index (Phi) is 1.40. The number of piperazine rings is 1. The van der Waals surface area contributed by atoms with Crippen LogP contribution < -0.4 is 0 Å². The van der Waals surface area contributed by atoms with Crippen LogP contribution in [-0.2, 0) is 9.59 Å². The summed E-state index contributed by atoms with van der Waals surface area (Å²) in [5, 5.41) is 0. The molecule has 0 spiro atoms. The third-order valence-electron chi connectivity index (χ3n) is 2.91. The average molecular weight is 168 g/mol. The lowest BCUT2D eigenvalue weighted by atomic mass is 9.90. The predicted molar refractivity (Wildman–Crippen MR) is 42.4 cm³/mol. The van der Waals surface area contributed by atoms with Crippen molar-refractivity contribution in [1.29, 1.82) is 0 Å². The lowest BCUT2D eigenvalue weighted by Crippen LogP contribution is -2.66. The van der Waals surface area contributed by atoms with Gasteiger partial charge in [0.25, 0.3) is 0 Å². The first-order chi connectivity index (χ1) is 5.63. The van der Waals surface area contributed by atoms with Crippen LogP contribution in [0, 0.1) is 0 Å². The molecule has 66 valence electrons. The van der Waals surface area contributed by atoms with E-state index >= 15 is 0 Å². The third-order valence-corrected chi connectivity index (χ3v) is 2.91. The first kappa shape index (κ1) is 7.58. The molecule has 0 saturated carbocycles. The minimum Gasteiger partial charge on any atom is -0.332 e. The van der Waals surface area contributed by atoms with Gasteiger partial charge in [0, 0.05) is 14.1 Å². The molecular formula is C8H12N2O2. The van der Waals surface area contributed by atoms with E-state index in [1.807, 2.05) is 0 Å². The highest BCUT2D eigenvalue weighted by atomic mass is 16.2. The fourth-order valence-corrected chi connectivity index (χ4v) is 2.06. The van der Waals surface area contributed by atoms with Gasteiger partial charge in [-0.3, -0.25) is 9.59 Å². The molecule has 0 aliphatic carbocycles. The number of amides is 2. The summed E-state index contributed by atoms with van der Waals surface area (Å²) in [5.41, 5.74) is 0. The second-order valence-electron chi connectivity index (χ2n) is 3.51. The van der Waals surface area contributed by atoms with Gasteiger partial charge in [0.2, 0.25) is 11.8 Å². The first-order valence-electron chi connectivity index (χ1n) is 4.16. The highest BCUT2D eigenvalue weighted by molar-refractivity contribution is 5.98. The van der Waals surface area contributed by atoms with Crippen LogP contribution in [0.4, 0.5) is 0 Å². The average Bonchev–Trinajstić information content (AvgIpc) is 2.05. The summed E-state index contributed by atoms with van der Waals surface area (Å²) in [6, 6.07) is -0.375. The molecule has 0 aromatic heterocycles. The zero-order valence-corrected chi connectivity index (χ0v) is 7.28. The van der Waals surface area contributed by atoms with Crippen LogP contribution in [0.3, 0.4) is 0 Å². The molecule has 2 bridgehead atoms. The van der Waals surface area contributed by atoms with E-state index in [0.29, 0.717) is 0 Å². The maximum absolute atomic E-state index is 11.5. The van der Waals surface area contributed by atoms with Gasteiger partial charge in [0.05, 0.1) is 0 Å². The van der Waals surface area contributed by atoms with Gasteiger partial charge in [0.1, 0.15) is 12.1 Å². The van der Waals surface area contributed by atoms with E-state index in [1.165, 1.54) is 0 Å². The fraction of sp³-hybridized carbons (Fsp3) is 0.750. The summed E-state index contributed by atoms with van der Waals surface area (Å²) in [7, 11) is 3.42. The van der Waals surface area contributed by atoms with E-state index < -0.39 is 0 Å². The van der Waals surface area contributed by atoms with Gasteiger partial charge >= 0.3 is 0 Å². The zero-order chi connectivity index (χ0) is 8.88. The normalized spacial score (nSPS) is 34.8. The largest absolute Gasteiger partial charge is 0.332 e. The second-order valence-corrected chi connectivity index (χ2v) is 3.51. The Balaban J connectivity index is 2.35. The summed E-state index contributed by atoms with van der Waals surface area (Å²) < 4.78 is 0. The third kappa shape index (κ3) is 0.722. The van der Waals surface area contributed by atoms with Crippen LogP contribution >= 0.6 is 0 Å². The molecule has 2 amide bonds. The minimum absolute atomic E-state index is 0.0911. The Morgan fingerprint density at radius 1 is 1.00 bits per heavy atom. The fourth-order valence-electron chi connectivity index (χ4n) is 2.06. The quantitative estimate of drug-likeness (QED) is 0.487. The Morgan fingerprint density at radius 3 is 1.67 bits per heavy atom. The SMILES string of the molecule is CN1C(=O)C2CCC1C(=O)N2C.